The number of fused-ring (bicyclic) bond motifs is 1. The number of halogens is 1. The smallest absolute Gasteiger partial charge is 0.191 e. The van der Waals surface area contributed by atoms with Gasteiger partial charge in [-0.2, -0.15) is 0 Å². The summed E-state index contributed by atoms with van der Waals surface area (Å²) in [4.78, 5) is 12.7. The lowest BCUT2D eigenvalue weighted by molar-refractivity contribution is 0.256. The van der Waals surface area contributed by atoms with Crippen LogP contribution in [0.4, 0.5) is 0 Å². The molecule has 0 unspecified atom stereocenters. The summed E-state index contributed by atoms with van der Waals surface area (Å²) < 4.78 is 10.9. The third kappa shape index (κ3) is 6.95. The van der Waals surface area contributed by atoms with Crippen molar-refractivity contribution in [1.29, 1.82) is 0 Å². The number of aryl methyl sites for hydroxylation is 2. The van der Waals surface area contributed by atoms with Crippen LogP contribution in [0.15, 0.2) is 17.1 Å². The Morgan fingerprint density at radius 2 is 1.81 bits per heavy atom. The van der Waals surface area contributed by atoms with Gasteiger partial charge < -0.3 is 20.1 Å². The minimum absolute atomic E-state index is 0. The van der Waals surface area contributed by atoms with Gasteiger partial charge in [0.1, 0.15) is 0 Å². The van der Waals surface area contributed by atoms with Crippen molar-refractivity contribution in [3.05, 3.63) is 38.8 Å². The Morgan fingerprint density at radius 1 is 1.13 bits per heavy atom. The van der Waals surface area contributed by atoms with E-state index in [0.29, 0.717) is 0 Å². The van der Waals surface area contributed by atoms with Crippen molar-refractivity contribution in [2.24, 2.45) is 4.99 Å². The SMILES string of the molecule is CN=C(NCCc1nc(C)c(C)s1)NCCN1CCc2cc(OC)c(OC)cc2C1.I. The average Bonchev–Trinajstić information content (AvgIpc) is 3.08. The molecular weight excluding hydrogens is 525 g/mol. The molecule has 0 aliphatic carbocycles. The number of hydrogen-bond donors (Lipinski definition) is 2. The number of nitrogens with zero attached hydrogens (tertiary/aromatic N) is 3. The topological polar surface area (TPSA) is 71.0 Å². The quantitative estimate of drug-likeness (QED) is 0.294. The third-order valence-corrected chi connectivity index (χ3v) is 6.58. The molecule has 1 aliphatic heterocycles. The van der Waals surface area contributed by atoms with E-state index < -0.39 is 0 Å². The van der Waals surface area contributed by atoms with Crippen LogP contribution in [0.5, 0.6) is 11.5 Å². The molecule has 2 aromatic rings. The van der Waals surface area contributed by atoms with Crippen molar-refractivity contribution in [3.8, 4) is 11.5 Å². The molecule has 9 heteroatoms. The van der Waals surface area contributed by atoms with E-state index in [4.69, 9.17) is 9.47 Å². The number of methoxy groups -OCH3 is 2. The van der Waals surface area contributed by atoms with Gasteiger partial charge in [0.25, 0.3) is 0 Å². The predicted octanol–water partition coefficient (Wildman–Crippen LogP) is 3.16. The van der Waals surface area contributed by atoms with Crippen LogP contribution in [0.3, 0.4) is 0 Å². The van der Waals surface area contributed by atoms with E-state index in [0.717, 1.165) is 68.7 Å². The largest absolute Gasteiger partial charge is 0.493 e. The van der Waals surface area contributed by atoms with Gasteiger partial charge in [-0.3, -0.25) is 9.89 Å². The molecule has 0 radical (unpaired) electrons. The fourth-order valence-corrected chi connectivity index (χ4v) is 4.55. The molecule has 2 heterocycles. The lowest BCUT2D eigenvalue weighted by Crippen LogP contribution is -2.43. The Balaban J connectivity index is 0.00000341. The number of thiazole rings is 1. The summed E-state index contributed by atoms with van der Waals surface area (Å²) in [6.45, 7) is 8.78. The fourth-order valence-electron chi connectivity index (χ4n) is 3.62. The standard InChI is InChI=1S/C22H33N5O2S.HI/c1-15-16(2)30-21(26-15)6-8-24-22(23-3)25-9-11-27-10-7-17-12-19(28-4)20(29-5)13-18(17)14-27;/h12-13H,6-11,14H2,1-5H3,(H2,23,24,25);1H. The first-order chi connectivity index (χ1) is 14.5. The van der Waals surface area contributed by atoms with E-state index in [1.807, 2.05) is 7.05 Å². The van der Waals surface area contributed by atoms with Crippen LogP contribution < -0.4 is 20.1 Å². The van der Waals surface area contributed by atoms with Crippen molar-refractivity contribution in [2.45, 2.75) is 33.2 Å². The maximum absolute atomic E-state index is 5.46. The van der Waals surface area contributed by atoms with Crippen molar-refractivity contribution in [2.75, 3.05) is 47.4 Å². The number of ether oxygens (including phenoxy) is 2. The van der Waals surface area contributed by atoms with Gasteiger partial charge in [-0.25, -0.2) is 4.98 Å². The number of aliphatic imine (C=N–C) groups is 1. The summed E-state index contributed by atoms with van der Waals surface area (Å²) in [5.41, 5.74) is 3.80. The molecule has 0 fully saturated rings. The van der Waals surface area contributed by atoms with Gasteiger partial charge in [-0.15, -0.1) is 35.3 Å². The summed E-state index contributed by atoms with van der Waals surface area (Å²) in [7, 11) is 5.18. The van der Waals surface area contributed by atoms with Crippen LogP contribution in [0.25, 0.3) is 0 Å². The van der Waals surface area contributed by atoms with Gasteiger partial charge >= 0.3 is 0 Å². The van der Waals surface area contributed by atoms with Crippen LogP contribution in [-0.2, 0) is 19.4 Å². The highest BCUT2D eigenvalue weighted by molar-refractivity contribution is 14.0. The van der Waals surface area contributed by atoms with E-state index in [1.165, 1.54) is 21.0 Å². The second kappa shape index (κ2) is 12.4. The lowest BCUT2D eigenvalue weighted by Gasteiger charge is -2.29. The first kappa shape index (κ1) is 25.7. The Morgan fingerprint density at radius 3 is 2.42 bits per heavy atom. The summed E-state index contributed by atoms with van der Waals surface area (Å²) in [6.07, 6.45) is 1.93. The van der Waals surface area contributed by atoms with Crippen LogP contribution in [0.2, 0.25) is 0 Å². The molecule has 1 aliphatic rings. The summed E-state index contributed by atoms with van der Waals surface area (Å²) in [6, 6.07) is 4.22. The van der Waals surface area contributed by atoms with E-state index in [2.05, 4.69) is 51.5 Å². The zero-order valence-corrected chi connectivity index (χ0v) is 22.2. The van der Waals surface area contributed by atoms with Crippen LogP contribution in [0.1, 0.15) is 26.7 Å². The molecule has 1 aromatic heterocycles. The summed E-state index contributed by atoms with van der Waals surface area (Å²) in [5, 5.41) is 7.98. The van der Waals surface area contributed by atoms with Gasteiger partial charge in [-0.05, 0) is 43.5 Å². The Kier molecular flexibility index (Phi) is 10.3. The monoisotopic (exact) mass is 559 g/mol. The second-order valence-corrected chi connectivity index (χ2v) is 8.71. The molecule has 0 saturated carbocycles. The Hall–Kier alpha value is -1.59. The molecule has 2 N–H and O–H groups in total. The minimum atomic E-state index is 0. The summed E-state index contributed by atoms with van der Waals surface area (Å²) >= 11 is 1.77. The molecule has 1 aromatic carbocycles. The Bertz CT molecular complexity index is 868. The first-order valence-corrected chi connectivity index (χ1v) is 11.2. The third-order valence-electron chi connectivity index (χ3n) is 5.45. The summed E-state index contributed by atoms with van der Waals surface area (Å²) in [5.74, 6) is 2.44. The van der Waals surface area contributed by atoms with Crippen LogP contribution in [-0.4, -0.2) is 63.3 Å². The molecule has 31 heavy (non-hydrogen) atoms. The molecule has 172 valence electrons. The van der Waals surface area contributed by atoms with Crippen LogP contribution in [0, 0.1) is 13.8 Å². The molecule has 0 amide bonds. The number of aromatic nitrogens is 1. The predicted molar refractivity (Wildman–Crippen MR) is 139 cm³/mol. The second-order valence-electron chi connectivity index (χ2n) is 7.43. The molecular formula is C22H34IN5O2S. The number of hydrogen-bond acceptors (Lipinski definition) is 6. The number of guanidine groups is 1. The zero-order valence-electron chi connectivity index (χ0n) is 19.1. The maximum Gasteiger partial charge on any atom is 0.191 e. The van der Waals surface area contributed by atoms with Gasteiger partial charge in [0.05, 0.1) is 24.9 Å². The number of rotatable bonds is 8. The van der Waals surface area contributed by atoms with Gasteiger partial charge in [0.15, 0.2) is 17.5 Å². The van der Waals surface area contributed by atoms with Gasteiger partial charge in [-0.1, -0.05) is 0 Å². The normalized spacial score (nSPS) is 13.9. The highest BCUT2D eigenvalue weighted by atomic mass is 127. The first-order valence-electron chi connectivity index (χ1n) is 10.4. The highest BCUT2D eigenvalue weighted by Gasteiger charge is 2.19. The van der Waals surface area contributed by atoms with Crippen molar-refractivity contribution >= 4 is 41.3 Å². The number of nitrogens with one attached hydrogen (secondary N) is 2. The molecule has 0 saturated heterocycles. The van der Waals surface area contributed by atoms with Crippen molar-refractivity contribution < 1.29 is 9.47 Å². The van der Waals surface area contributed by atoms with E-state index in [-0.39, 0.29) is 24.0 Å². The maximum atomic E-state index is 5.46. The Labute approximate surface area is 206 Å². The molecule has 3 rings (SSSR count). The minimum Gasteiger partial charge on any atom is -0.493 e. The van der Waals surface area contributed by atoms with Gasteiger partial charge in [0, 0.05) is 51.1 Å². The van der Waals surface area contributed by atoms with E-state index >= 15 is 0 Å². The fraction of sp³-hybridized carbons (Fsp3) is 0.545. The van der Waals surface area contributed by atoms with Gasteiger partial charge in [0.2, 0.25) is 0 Å². The van der Waals surface area contributed by atoms with Crippen molar-refractivity contribution in [3.63, 3.8) is 0 Å². The number of benzene rings is 1. The zero-order chi connectivity index (χ0) is 21.5. The lowest BCUT2D eigenvalue weighted by atomic mass is 9.99. The van der Waals surface area contributed by atoms with E-state index in [1.54, 1.807) is 25.6 Å². The molecule has 0 bridgehead atoms. The average molecular weight is 560 g/mol. The van der Waals surface area contributed by atoms with Crippen molar-refractivity contribution in [1.82, 2.24) is 20.5 Å². The van der Waals surface area contributed by atoms with E-state index in [9.17, 15) is 0 Å². The highest BCUT2D eigenvalue weighted by Crippen LogP contribution is 2.33. The van der Waals surface area contributed by atoms with Crippen LogP contribution >= 0.6 is 35.3 Å². The molecule has 0 spiro atoms. The molecule has 7 nitrogen and oxygen atoms in total. The molecule has 0 atom stereocenters.